The van der Waals surface area contributed by atoms with E-state index in [1.165, 1.54) is 0 Å². The Morgan fingerprint density at radius 2 is 1.75 bits per heavy atom. The van der Waals surface area contributed by atoms with Crippen LogP contribution in [0.2, 0.25) is 0 Å². The summed E-state index contributed by atoms with van der Waals surface area (Å²) in [5.74, 6) is 1.30. The van der Waals surface area contributed by atoms with E-state index in [1.54, 1.807) is 0 Å². The summed E-state index contributed by atoms with van der Waals surface area (Å²) in [6.45, 7) is 9.92. The Kier molecular flexibility index (Phi) is 5.19. The van der Waals surface area contributed by atoms with E-state index in [1.807, 2.05) is 4.90 Å². The fourth-order valence-corrected chi connectivity index (χ4v) is 4.27. The lowest BCUT2D eigenvalue weighted by Crippen LogP contribution is -2.46. The molecule has 5 nitrogen and oxygen atoms in total. The van der Waals surface area contributed by atoms with Crippen molar-refractivity contribution in [3.05, 3.63) is 0 Å². The monoisotopic (exact) mass is 335 g/mol. The number of amides is 2. The molecule has 3 aliphatic rings. The maximum Gasteiger partial charge on any atom is 0.226 e. The third-order valence-electron chi connectivity index (χ3n) is 6.63. The molecule has 2 amide bonds. The van der Waals surface area contributed by atoms with Crippen LogP contribution in [0.3, 0.4) is 0 Å². The van der Waals surface area contributed by atoms with Crippen molar-refractivity contribution in [2.45, 2.75) is 58.9 Å². The van der Waals surface area contributed by atoms with Gasteiger partial charge in [-0.15, -0.1) is 0 Å². The molecule has 3 rings (SSSR count). The van der Waals surface area contributed by atoms with Gasteiger partial charge in [-0.25, -0.2) is 0 Å². The Balaban J connectivity index is 1.45. The van der Waals surface area contributed by atoms with Gasteiger partial charge in [0.05, 0.1) is 0 Å². The van der Waals surface area contributed by atoms with Crippen LogP contribution in [0.25, 0.3) is 0 Å². The Morgan fingerprint density at radius 3 is 2.33 bits per heavy atom. The number of hydrogen-bond acceptors (Lipinski definition) is 3. The van der Waals surface area contributed by atoms with Gasteiger partial charge >= 0.3 is 0 Å². The first-order chi connectivity index (χ1) is 11.4. The van der Waals surface area contributed by atoms with Gasteiger partial charge in [-0.1, -0.05) is 13.8 Å². The fraction of sp³-hybridized carbons (Fsp3) is 0.895. The van der Waals surface area contributed by atoms with E-state index < -0.39 is 0 Å². The van der Waals surface area contributed by atoms with Gasteiger partial charge in [-0.3, -0.25) is 9.59 Å². The highest BCUT2D eigenvalue weighted by Crippen LogP contribution is 2.59. The SMILES string of the molecule is CC(C)C(C)NC(=O)C1CCN(C(=O)C2CC23CCNCC3)CC1. The normalized spacial score (nSPS) is 28.0. The van der Waals surface area contributed by atoms with Gasteiger partial charge in [0.2, 0.25) is 11.8 Å². The van der Waals surface area contributed by atoms with Crippen LogP contribution >= 0.6 is 0 Å². The summed E-state index contributed by atoms with van der Waals surface area (Å²) >= 11 is 0. The molecule has 2 heterocycles. The quantitative estimate of drug-likeness (QED) is 0.823. The highest BCUT2D eigenvalue weighted by atomic mass is 16.2. The summed E-state index contributed by atoms with van der Waals surface area (Å²) < 4.78 is 0. The second-order valence-corrected chi connectivity index (χ2v) is 8.51. The van der Waals surface area contributed by atoms with Gasteiger partial charge < -0.3 is 15.5 Å². The zero-order valence-electron chi connectivity index (χ0n) is 15.4. The fourth-order valence-electron chi connectivity index (χ4n) is 4.27. The van der Waals surface area contributed by atoms with Crippen LogP contribution in [0.15, 0.2) is 0 Å². The maximum absolute atomic E-state index is 12.8. The van der Waals surface area contributed by atoms with E-state index in [0.717, 1.165) is 58.3 Å². The molecule has 0 radical (unpaired) electrons. The molecule has 136 valence electrons. The predicted molar refractivity (Wildman–Crippen MR) is 94.4 cm³/mol. The zero-order valence-corrected chi connectivity index (χ0v) is 15.4. The van der Waals surface area contributed by atoms with E-state index in [2.05, 4.69) is 31.4 Å². The molecular weight excluding hydrogens is 302 g/mol. The number of rotatable bonds is 4. The molecule has 2 N–H and O–H groups in total. The molecule has 0 bridgehead atoms. The third-order valence-corrected chi connectivity index (χ3v) is 6.63. The van der Waals surface area contributed by atoms with Gasteiger partial charge in [-0.2, -0.15) is 0 Å². The molecule has 24 heavy (non-hydrogen) atoms. The van der Waals surface area contributed by atoms with Crippen molar-refractivity contribution < 1.29 is 9.59 Å². The van der Waals surface area contributed by atoms with Crippen LogP contribution in [0.4, 0.5) is 0 Å². The zero-order chi connectivity index (χ0) is 17.3. The Hall–Kier alpha value is -1.10. The molecule has 1 spiro atoms. The molecule has 1 aliphatic carbocycles. The molecule has 2 atom stereocenters. The summed E-state index contributed by atoms with van der Waals surface area (Å²) in [6.07, 6.45) is 5.00. The molecule has 0 aromatic rings. The Morgan fingerprint density at radius 1 is 1.12 bits per heavy atom. The number of nitrogens with zero attached hydrogens (tertiary/aromatic N) is 1. The molecule has 2 unspecified atom stereocenters. The molecule has 2 aliphatic heterocycles. The second-order valence-electron chi connectivity index (χ2n) is 8.51. The van der Waals surface area contributed by atoms with E-state index in [4.69, 9.17) is 0 Å². The minimum atomic E-state index is 0.0716. The first-order valence-corrected chi connectivity index (χ1v) is 9.73. The van der Waals surface area contributed by atoms with E-state index in [-0.39, 0.29) is 23.8 Å². The van der Waals surface area contributed by atoms with E-state index in [0.29, 0.717) is 17.2 Å². The largest absolute Gasteiger partial charge is 0.353 e. The lowest BCUT2D eigenvalue weighted by molar-refractivity contribution is -0.137. The topological polar surface area (TPSA) is 61.4 Å². The number of carbonyl (C=O) groups excluding carboxylic acids is 2. The van der Waals surface area contributed by atoms with Crippen molar-refractivity contribution in [2.75, 3.05) is 26.2 Å². The Labute approximate surface area is 145 Å². The first-order valence-electron chi connectivity index (χ1n) is 9.73. The van der Waals surface area contributed by atoms with Crippen LogP contribution in [0.5, 0.6) is 0 Å². The van der Waals surface area contributed by atoms with Gasteiger partial charge in [0.15, 0.2) is 0 Å². The lowest BCUT2D eigenvalue weighted by Gasteiger charge is -2.33. The van der Waals surface area contributed by atoms with Crippen molar-refractivity contribution in [3.63, 3.8) is 0 Å². The average Bonchev–Trinajstić information content (AvgIpc) is 3.27. The molecule has 1 saturated carbocycles. The summed E-state index contributed by atoms with van der Waals surface area (Å²) in [5.41, 5.74) is 0.309. The summed E-state index contributed by atoms with van der Waals surface area (Å²) in [7, 11) is 0. The smallest absolute Gasteiger partial charge is 0.226 e. The number of piperidine rings is 2. The standard InChI is InChI=1S/C19H33N3O2/c1-13(2)14(3)21-17(23)15-4-10-22(11-5-15)18(24)16-12-19(16)6-8-20-9-7-19/h13-16,20H,4-12H2,1-3H3,(H,21,23). The van der Waals surface area contributed by atoms with Gasteiger partial charge in [0.1, 0.15) is 0 Å². The Bertz CT molecular complexity index is 477. The van der Waals surface area contributed by atoms with Crippen LogP contribution < -0.4 is 10.6 Å². The van der Waals surface area contributed by atoms with Crippen LogP contribution in [0, 0.1) is 23.2 Å². The van der Waals surface area contributed by atoms with Crippen molar-refractivity contribution in [1.82, 2.24) is 15.5 Å². The predicted octanol–water partition coefficient (Wildman–Crippen LogP) is 1.78. The van der Waals surface area contributed by atoms with Crippen LogP contribution in [-0.2, 0) is 9.59 Å². The number of carbonyl (C=O) groups is 2. The lowest BCUT2D eigenvalue weighted by atomic mass is 9.90. The third kappa shape index (κ3) is 3.61. The minimum absolute atomic E-state index is 0.0716. The molecule has 2 saturated heterocycles. The average molecular weight is 335 g/mol. The summed E-state index contributed by atoms with van der Waals surface area (Å²) in [4.78, 5) is 27.2. The minimum Gasteiger partial charge on any atom is -0.353 e. The molecule has 0 aromatic carbocycles. The van der Waals surface area contributed by atoms with Crippen LogP contribution in [-0.4, -0.2) is 48.9 Å². The number of likely N-dealkylation sites (tertiary alicyclic amines) is 1. The molecule has 5 heteroatoms. The van der Waals surface area contributed by atoms with Crippen molar-refractivity contribution >= 4 is 11.8 Å². The maximum atomic E-state index is 12.8. The molecule has 0 aromatic heterocycles. The van der Waals surface area contributed by atoms with Crippen molar-refractivity contribution in [3.8, 4) is 0 Å². The summed E-state index contributed by atoms with van der Waals surface area (Å²) in [5, 5.41) is 6.52. The van der Waals surface area contributed by atoms with Crippen molar-refractivity contribution in [2.24, 2.45) is 23.2 Å². The number of hydrogen-bond donors (Lipinski definition) is 2. The van der Waals surface area contributed by atoms with Gasteiger partial charge in [0, 0.05) is 31.0 Å². The van der Waals surface area contributed by atoms with E-state index in [9.17, 15) is 9.59 Å². The molecule has 3 fully saturated rings. The van der Waals surface area contributed by atoms with Gasteiger partial charge in [0.25, 0.3) is 0 Å². The van der Waals surface area contributed by atoms with E-state index >= 15 is 0 Å². The highest BCUT2D eigenvalue weighted by molar-refractivity contribution is 5.83. The highest BCUT2D eigenvalue weighted by Gasteiger charge is 2.58. The van der Waals surface area contributed by atoms with Gasteiger partial charge in [-0.05, 0) is 63.5 Å². The molecular formula is C19H33N3O2. The van der Waals surface area contributed by atoms with Crippen molar-refractivity contribution in [1.29, 1.82) is 0 Å². The second kappa shape index (κ2) is 7.03. The summed E-state index contributed by atoms with van der Waals surface area (Å²) in [6, 6.07) is 0.211. The number of nitrogens with one attached hydrogen (secondary N) is 2. The first kappa shape index (κ1) is 17.7. The van der Waals surface area contributed by atoms with Crippen LogP contribution in [0.1, 0.15) is 52.9 Å².